The summed E-state index contributed by atoms with van der Waals surface area (Å²) in [5, 5.41) is 51.0. The third kappa shape index (κ3) is 5.27. The smallest absolute Gasteiger partial charge is 0.337 e. The number of esters is 1. The molecule has 13 heteroatoms. The summed E-state index contributed by atoms with van der Waals surface area (Å²) in [6.45, 7) is 3.23. The van der Waals surface area contributed by atoms with E-state index in [1.165, 1.54) is 13.2 Å². The van der Waals surface area contributed by atoms with Gasteiger partial charge < -0.3 is 49.5 Å². The van der Waals surface area contributed by atoms with E-state index < -0.39 is 73.4 Å². The molecule has 1 fully saturated rings. The SMILES string of the molecule is C=CC1C(OC2OC(CO)C(O)C(O)C2O)OC=C(C(=O)OC)C1CC1=NC(C(=O)O)Cc2c1[nH]c1ccccc21. The lowest BCUT2D eigenvalue weighted by atomic mass is 9.79. The van der Waals surface area contributed by atoms with Crippen LogP contribution in [0.1, 0.15) is 17.7 Å². The van der Waals surface area contributed by atoms with Gasteiger partial charge in [0.1, 0.15) is 24.4 Å². The minimum atomic E-state index is -1.68. The van der Waals surface area contributed by atoms with Crippen LogP contribution in [0.2, 0.25) is 0 Å². The summed E-state index contributed by atoms with van der Waals surface area (Å²) < 4.78 is 22.0. The van der Waals surface area contributed by atoms with Crippen LogP contribution in [0.15, 0.2) is 53.7 Å². The van der Waals surface area contributed by atoms with Gasteiger partial charge in [-0.05, 0) is 18.1 Å². The van der Waals surface area contributed by atoms with Crippen LogP contribution >= 0.6 is 0 Å². The Bertz CT molecular complexity index is 1380. The number of carbonyl (C=O) groups is 2. The molecule has 4 heterocycles. The third-order valence-corrected chi connectivity index (χ3v) is 7.83. The summed E-state index contributed by atoms with van der Waals surface area (Å²) in [7, 11) is 1.22. The van der Waals surface area contributed by atoms with Gasteiger partial charge in [0, 0.05) is 29.2 Å². The first-order valence-electron chi connectivity index (χ1n) is 13.1. The number of H-pyrrole nitrogens is 1. The molecule has 0 spiro atoms. The maximum absolute atomic E-state index is 12.8. The average molecular weight is 573 g/mol. The number of rotatable bonds is 8. The molecule has 0 amide bonds. The van der Waals surface area contributed by atoms with Crippen molar-refractivity contribution in [2.24, 2.45) is 16.8 Å². The van der Waals surface area contributed by atoms with Crippen molar-refractivity contribution in [3.63, 3.8) is 0 Å². The van der Waals surface area contributed by atoms with E-state index >= 15 is 0 Å². The predicted octanol–water partition coefficient (Wildman–Crippen LogP) is 0.00450. The first kappa shape index (κ1) is 28.9. The number of aliphatic hydroxyl groups is 4. The van der Waals surface area contributed by atoms with Gasteiger partial charge in [0.15, 0.2) is 12.3 Å². The molecular formula is C28H32N2O11. The lowest BCUT2D eigenvalue weighted by molar-refractivity contribution is -0.339. The van der Waals surface area contributed by atoms with Crippen molar-refractivity contribution in [2.45, 2.75) is 55.9 Å². The van der Waals surface area contributed by atoms with Crippen molar-refractivity contribution in [1.29, 1.82) is 0 Å². The number of aromatic amines is 1. The molecule has 1 aromatic carbocycles. The average Bonchev–Trinajstić information content (AvgIpc) is 3.36. The lowest BCUT2D eigenvalue weighted by Crippen LogP contribution is -2.60. The molecule has 13 nitrogen and oxygen atoms in total. The van der Waals surface area contributed by atoms with Crippen molar-refractivity contribution >= 4 is 28.6 Å². The zero-order valence-corrected chi connectivity index (χ0v) is 22.1. The molecule has 3 aliphatic rings. The highest BCUT2D eigenvalue weighted by Crippen LogP contribution is 2.39. The van der Waals surface area contributed by atoms with Gasteiger partial charge in [0.25, 0.3) is 0 Å². The van der Waals surface area contributed by atoms with Crippen LogP contribution in [0, 0.1) is 11.8 Å². The number of nitrogens with one attached hydrogen (secondary N) is 1. The number of aliphatic carboxylic acids is 1. The number of benzene rings is 1. The third-order valence-electron chi connectivity index (χ3n) is 7.83. The molecule has 9 atom stereocenters. The van der Waals surface area contributed by atoms with Crippen LogP contribution in [0.25, 0.3) is 10.9 Å². The number of carboxylic acids is 1. The second-order valence-electron chi connectivity index (χ2n) is 10.2. The van der Waals surface area contributed by atoms with Gasteiger partial charge in [-0.1, -0.05) is 24.3 Å². The van der Waals surface area contributed by atoms with E-state index in [-0.39, 0.29) is 18.4 Å². The summed E-state index contributed by atoms with van der Waals surface area (Å²) in [5.41, 5.74) is 2.83. The van der Waals surface area contributed by atoms with Gasteiger partial charge in [0.05, 0.1) is 37.0 Å². The second kappa shape index (κ2) is 11.7. The molecule has 0 saturated carbocycles. The van der Waals surface area contributed by atoms with Crippen molar-refractivity contribution in [2.75, 3.05) is 13.7 Å². The molecule has 5 rings (SSSR count). The zero-order valence-electron chi connectivity index (χ0n) is 22.1. The first-order chi connectivity index (χ1) is 19.7. The molecule has 220 valence electrons. The fourth-order valence-electron chi connectivity index (χ4n) is 5.64. The van der Waals surface area contributed by atoms with Gasteiger partial charge in [-0.15, -0.1) is 6.58 Å². The summed E-state index contributed by atoms with van der Waals surface area (Å²) in [5.74, 6) is -3.27. The summed E-state index contributed by atoms with van der Waals surface area (Å²) >= 11 is 0. The molecular weight excluding hydrogens is 540 g/mol. The number of fused-ring (bicyclic) bond motifs is 3. The number of nitrogens with zero attached hydrogens (tertiary/aromatic N) is 1. The van der Waals surface area contributed by atoms with Gasteiger partial charge in [-0.3, -0.25) is 4.99 Å². The highest BCUT2D eigenvalue weighted by Gasteiger charge is 2.48. The largest absolute Gasteiger partial charge is 0.480 e. The van der Waals surface area contributed by atoms with E-state index in [0.717, 1.165) is 22.7 Å². The Morgan fingerprint density at radius 2 is 1.93 bits per heavy atom. The van der Waals surface area contributed by atoms with Crippen LogP contribution in [-0.4, -0.2) is 105 Å². The number of carbonyl (C=O) groups excluding carboxylic acids is 1. The number of methoxy groups -OCH3 is 1. The van der Waals surface area contributed by atoms with E-state index in [0.29, 0.717) is 11.4 Å². The molecule has 0 bridgehead atoms. The highest BCUT2D eigenvalue weighted by molar-refractivity contribution is 6.08. The predicted molar refractivity (Wildman–Crippen MR) is 142 cm³/mol. The Morgan fingerprint density at radius 3 is 2.61 bits per heavy atom. The summed E-state index contributed by atoms with van der Waals surface area (Å²) in [4.78, 5) is 32.7. The van der Waals surface area contributed by atoms with E-state index in [1.807, 2.05) is 24.3 Å². The number of aliphatic hydroxyl groups excluding tert-OH is 4. The topological polar surface area (TPSA) is 200 Å². The Balaban J connectivity index is 1.49. The standard InChI is InChI=1S/C28H32N2O11/c1-3-12-14(8-18-21-15(9-19(29-18)25(35)36)13-6-4-5-7-17(13)30-21)16(26(37)38-2)11-39-27(12)41-28-24(34)23(33)22(32)20(10-31)40-28/h3-7,11-12,14,19-20,22-24,27-28,30-34H,1,8-10H2,2H3,(H,35,36). The number of aliphatic imine (C=N–C) groups is 1. The maximum atomic E-state index is 12.8. The lowest BCUT2D eigenvalue weighted by Gasteiger charge is -2.43. The summed E-state index contributed by atoms with van der Waals surface area (Å²) in [6.07, 6.45) is -5.92. The van der Waals surface area contributed by atoms with Gasteiger partial charge in [-0.2, -0.15) is 0 Å². The van der Waals surface area contributed by atoms with Crippen LogP contribution < -0.4 is 0 Å². The Labute approximate surface area is 234 Å². The van der Waals surface area contributed by atoms with Crippen molar-refractivity contribution in [3.8, 4) is 0 Å². The van der Waals surface area contributed by atoms with Gasteiger partial charge in [-0.25, -0.2) is 9.59 Å². The number of hydrogen-bond acceptors (Lipinski definition) is 11. The van der Waals surface area contributed by atoms with E-state index in [4.69, 9.17) is 18.9 Å². The zero-order chi connectivity index (χ0) is 29.4. The van der Waals surface area contributed by atoms with E-state index in [2.05, 4.69) is 16.6 Å². The van der Waals surface area contributed by atoms with Crippen LogP contribution in [-0.2, 0) is 35.0 Å². The number of carboxylic acid groups (broad SMARTS) is 1. The molecule has 0 radical (unpaired) electrons. The second-order valence-corrected chi connectivity index (χ2v) is 10.2. The van der Waals surface area contributed by atoms with Crippen molar-refractivity contribution in [3.05, 3.63) is 60.0 Å². The Morgan fingerprint density at radius 1 is 1.17 bits per heavy atom. The van der Waals surface area contributed by atoms with Gasteiger partial charge >= 0.3 is 11.9 Å². The minimum Gasteiger partial charge on any atom is -0.480 e. The molecule has 9 unspecified atom stereocenters. The highest BCUT2D eigenvalue weighted by atomic mass is 16.8. The molecule has 2 aromatic rings. The molecule has 3 aliphatic heterocycles. The van der Waals surface area contributed by atoms with Crippen LogP contribution in [0.3, 0.4) is 0 Å². The number of ether oxygens (including phenoxy) is 4. The Kier molecular flexibility index (Phi) is 8.27. The summed E-state index contributed by atoms with van der Waals surface area (Å²) in [6, 6.07) is 6.47. The number of aromatic nitrogens is 1. The Hall–Kier alpha value is -3.59. The monoisotopic (exact) mass is 572 g/mol. The fourth-order valence-corrected chi connectivity index (χ4v) is 5.64. The fraction of sp³-hybridized carbons (Fsp3) is 0.464. The quantitative estimate of drug-likeness (QED) is 0.184. The normalized spacial score (nSPS) is 33.2. The maximum Gasteiger partial charge on any atom is 0.337 e. The number of hydrogen-bond donors (Lipinski definition) is 6. The van der Waals surface area contributed by atoms with Gasteiger partial charge in [0.2, 0.25) is 6.29 Å². The number of para-hydroxylation sites is 1. The molecule has 1 aromatic heterocycles. The minimum absolute atomic E-state index is 0.0686. The first-order valence-corrected chi connectivity index (χ1v) is 13.1. The van der Waals surface area contributed by atoms with Crippen LogP contribution in [0.5, 0.6) is 0 Å². The van der Waals surface area contributed by atoms with E-state index in [9.17, 15) is 35.1 Å². The van der Waals surface area contributed by atoms with E-state index in [1.54, 1.807) is 0 Å². The van der Waals surface area contributed by atoms with Crippen molar-refractivity contribution < 1.29 is 54.1 Å². The molecule has 1 saturated heterocycles. The molecule has 41 heavy (non-hydrogen) atoms. The molecule has 6 N–H and O–H groups in total. The molecule has 0 aliphatic carbocycles. The van der Waals surface area contributed by atoms with Crippen molar-refractivity contribution in [1.82, 2.24) is 4.98 Å². The van der Waals surface area contributed by atoms with Crippen LogP contribution in [0.4, 0.5) is 0 Å².